The molecule has 0 radical (unpaired) electrons. The highest BCUT2D eigenvalue weighted by Crippen LogP contribution is 2.27. The number of halogens is 1. The summed E-state index contributed by atoms with van der Waals surface area (Å²) in [7, 11) is 1.43. The Morgan fingerprint density at radius 2 is 2.12 bits per heavy atom. The molecule has 4 N–H and O–H groups in total. The predicted molar refractivity (Wildman–Crippen MR) is 65.8 cm³/mol. The second-order valence-electron chi connectivity index (χ2n) is 3.91. The number of rotatable bonds is 4. The molecule has 0 saturated carbocycles. The van der Waals surface area contributed by atoms with Gasteiger partial charge in [0.1, 0.15) is 5.54 Å². The number of aromatic hydroxyl groups is 1. The van der Waals surface area contributed by atoms with Gasteiger partial charge in [-0.1, -0.05) is 6.07 Å². The van der Waals surface area contributed by atoms with Crippen LogP contribution in [0.2, 0.25) is 0 Å². The lowest BCUT2D eigenvalue weighted by atomic mass is 9.94. The second kappa shape index (κ2) is 5.75. The highest BCUT2D eigenvalue weighted by Gasteiger charge is 2.28. The summed E-state index contributed by atoms with van der Waals surface area (Å²) in [5.41, 5.74) is 4.98. The monoisotopic (exact) mass is 261 g/mol. The Bertz CT molecular complexity index is 406. The first-order valence-electron chi connectivity index (χ1n) is 4.75. The molecule has 5 nitrogen and oxygen atoms in total. The highest BCUT2D eigenvalue weighted by molar-refractivity contribution is 5.85. The summed E-state index contributed by atoms with van der Waals surface area (Å²) >= 11 is 0. The fourth-order valence-electron chi connectivity index (χ4n) is 1.33. The number of methoxy groups -OCH3 is 1. The fourth-order valence-corrected chi connectivity index (χ4v) is 1.33. The zero-order chi connectivity index (χ0) is 12.3. The summed E-state index contributed by atoms with van der Waals surface area (Å²) in [4.78, 5) is 10.8. The van der Waals surface area contributed by atoms with Crippen LogP contribution in [0, 0.1) is 0 Å². The molecule has 0 saturated heterocycles. The molecular formula is C11H16ClNO4. The summed E-state index contributed by atoms with van der Waals surface area (Å²) in [5.74, 6) is -0.751. The number of carboxylic acids is 1. The van der Waals surface area contributed by atoms with Gasteiger partial charge in [0.2, 0.25) is 0 Å². The molecule has 96 valence electrons. The normalized spacial score (nSPS) is 13.4. The average Bonchev–Trinajstić information content (AvgIpc) is 2.20. The Morgan fingerprint density at radius 1 is 1.53 bits per heavy atom. The molecule has 0 aliphatic heterocycles. The molecular weight excluding hydrogens is 246 g/mol. The van der Waals surface area contributed by atoms with Gasteiger partial charge in [-0.2, -0.15) is 0 Å². The van der Waals surface area contributed by atoms with E-state index in [2.05, 4.69) is 0 Å². The smallest absolute Gasteiger partial charge is 0.323 e. The lowest BCUT2D eigenvalue weighted by Crippen LogP contribution is -2.46. The van der Waals surface area contributed by atoms with Crippen molar-refractivity contribution in [2.45, 2.75) is 18.9 Å². The van der Waals surface area contributed by atoms with Gasteiger partial charge in [0.15, 0.2) is 11.5 Å². The van der Waals surface area contributed by atoms with Gasteiger partial charge in [-0.3, -0.25) is 4.79 Å². The third-order valence-corrected chi connectivity index (χ3v) is 2.30. The van der Waals surface area contributed by atoms with Gasteiger partial charge in [0.25, 0.3) is 0 Å². The highest BCUT2D eigenvalue weighted by atomic mass is 35.5. The maximum absolute atomic E-state index is 10.8. The van der Waals surface area contributed by atoms with E-state index >= 15 is 0 Å². The molecule has 17 heavy (non-hydrogen) atoms. The van der Waals surface area contributed by atoms with Crippen LogP contribution in [-0.4, -0.2) is 28.8 Å². The van der Waals surface area contributed by atoms with Crippen LogP contribution in [0.3, 0.4) is 0 Å². The van der Waals surface area contributed by atoms with Crippen LogP contribution in [0.5, 0.6) is 11.5 Å². The fraction of sp³-hybridized carbons (Fsp3) is 0.364. The van der Waals surface area contributed by atoms with Crippen LogP contribution in [0.1, 0.15) is 12.5 Å². The first-order valence-corrected chi connectivity index (χ1v) is 4.75. The number of aliphatic carboxylic acids is 1. The zero-order valence-corrected chi connectivity index (χ0v) is 10.5. The van der Waals surface area contributed by atoms with E-state index in [1.165, 1.54) is 20.1 Å². The summed E-state index contributed by atoms with van der Waals surface area (Å²) in [5, 5.41) is 18.2. The molecule has 1 atom stereocenters. The van der Waals surface area contributed by atoms with Crippen LogP contribution >= 0.6 is 12.4 Å². The number of benzene rings is 1. The lowest BCUT2D eigenvalue weighted by Gasteiger charge is -2.19. The van der Waals surface area contributed by atoms with E-state index in [1.807, 2.05) is 0 Å². The van der Waals surface area contributed by atoms with Crippen molar-refractivity contribution in [1.29, 1.82) is 0 Å². The van der Waals surface area contributed by atoms with Gasteiger partial charge in [0, 0.05) is 6.42 Å². The van der Waals surface area contributed by atoms with Crippen molar-refractivity contribution in [3.63, 3.8) is 0 Å². The number of hydrogen-bond acceptors (Lipinski definition) is 4. The standard InChI is InChI=1S/C11H15NO4.ClH/c1-11(12,10(14)15)6-7-3-4-8(13)9(5-7)16-2;/h3-5,13H,6,12H2,1-2H3,(H,14,15);1H. The van der Waals surface area contributed by atoms with Crippen molar-refractivity contribution in [1.82, 2.24) is 0 Å². The molecule has 0 amide bonds. The average molecular weight is 262 g/mol. The van der Waals surface area contributed by atoms with Crippen molar-refractivity contribution >= 4 is 18.4 Å². The van der Waals surface area contributed by atoms with E-state index in [0.717, 1.165) is 0 Å². The number of hydrogen-bond donors (Lipinski definition) is 3. The SMILES string of the molecule is COc1cc(CC(C)(N)C(=O)O)ccc1O.Cl. The van der Waals surface area contributed by atoms with Crippen LogP contribution in [0.15, 0.2) is 18.2 Å². The molecule has 1 aromatic carbocycles. The maximum atomic E-state index is 10.8. The molecule has 0 aliphatic rings. The summed E-state index contributed by atoms with van der Waals surface area (Å²) in [6.07, 6.45) is 0.166. The number of phenols is 1. The van der Waals surface area contributed by atoms with E-state index in [1.54, 1.807) is 12.1 Å². The molecule has 0 heterocycles. The van der Waals surface area contributed by atoms with Crippen LogP contribution in [0.4, 0.5) is 0 Å². The summed E-state index contributed by atoms with van der Waals surface area (Å²) in [6.45, 7) is 1.44. The van der Waals surface area contributed by atoms with Crippen LogP contribution in [0.25, 0.3) is 0 Å². The third-order valence-electron chi connectivity index (χ3n) is 2.30. The van der Waals surface area contributed by atoms with Gasteiger partial charge in [0.05, 0.1) is 7.11 Å². The van der Waals surface area contributed by atoms with Gasteiger partial charge in [-0.15, -0.1) is 12.4 Å². The minimum atomic E-state index is -1.33. The van der Waals surface area contributed by atoms with Crippen molar-refractivity contribution in [2.24, 2.45) is 5.73 Å². The quantitative estimate of drug-likeness (QED) is 0.757. The first kappa shape index (κ1) is 15.5. The van der Waals surface area contributed by atoms with E-state index in [9.17, 15) is 9.90 Å². The van der Waals surface area contributed by atoms with Gasteiger partial charge in [-0.05, 0) is 24.6 Å². The molecule has 0 aromatic heterocycles. The van der Waals surface area contributed by atoms with E-state index in [4.69, 9.17) is 15.6 Å². The largest absolute Gasteiger partial charge is 0.504 e. The minimum Gasteiger partial charge on any atom is -0.504 e. The summed E-state index contributed by atoms with van der Waals surface area (Å²) in [6, 6.07) is 4.64. The van der Waals surface area contributed by atoms with Crippen LogP contribution < -0.4 is 10.5 Å². The molecule has 1 unspecified atom stereocenters. The van der Waals surface area contributed by atoms with Gasteiger partial charge >= 0.3 is 5.97 Å². The Kier molecular flexibility index (Phi) is 5.25. The van der Waals surface area contributed by atoms with Crippen LogP contribution in [-0.2, 0) is 11.2 Å². The van der Waals surface area contributed by atoms with Gasteiger partial charge in [-0.25, -0.2) is 0 Å². The van der Waals surface area contributed by atoms with Crippen molar-refractivity contribution in [3.05, 3.63) is 23.8 Å². The zero-order valence-electron chi connectivity index (χ0n) is 9.64. The predicted octanol–water partition coefficient (Wildman–Crippen LogP) is 1.17. The van der Waals surface area contributed by atoms with Crippen molar-refractivity contribution < 1.29 is 19.7 Å². The number of carbonyl (C=O) groups is 1. The Hall–Kier alpha value is -1.46. The molecule has 0 fully saturated rings. The lowest BCUT2D eigenvalue weighted by molar-refractivity contribution is -0.142. The number of ether oxygens (including phenoxy) is 1. The van der Waals surface area contributed by atoms with E-state index < -0.39 is 11.5 Å². The maximum Gasteiger partial charge on any atom is 0.323 e. The molecule has 6 heteroatoms. The Morgan fingerprint density at radius 3 is 2.59 bits per heavy atom. The molecule has 0 spiro atoms. The minimum absolute atomic E-state index is 0. The van der Waals surface area contributed by atoms with E-state index in [0.29, 0.717) is 11.3 Å². The Balaban J connectivity index is 0.00000256. The molecule has 1 aromatic rings. The van der Waals surface area contributed by atoms with Crippen molar-refractivity contribution in [2.75, 3.05) is 7.11 Å². The van der Waals surface area contributed by atoms with Crippen molar-refractivity contribution in [3.8, 4) is 11.5 Å². The molecule has 0 bridgehead atoms. The topological polar surface area (TPSA) is 92.8 Å². The molecule has 0 aliphatic carbocycles. The number of nitrogens with two attached hydrogens (primary N) is 1. The number of carboxylic acid groups (broad SMARTS) is 1. The number of phenolic OH excluding ortho intramolecular Hbond substituents is 1. The van der Waals surface area contributed by atoms with E-state index in [-0.39, 0.29) is 24.6 Å². The summed E-state index contributed by atoms with van der Waals surface area (Å²) < 4.78 is 4.92. The third kappa shape index (κ3) is 3.80. The second-order valence-corrected chi connectivity index (χ2v) is 3.91. The Labute approximate surface area is 106 Å². The van der Waals surface area contributed by atoms with Gasteiger partial charge < -0.3 is 20.7 Å². The first-order chi connectivity index (χ1) is 7.36. The molecule has 1 rings (SSSR count).